The van der Waals surface area contributed by atoms with Crippen molar-refractivity contribution in [1.82, 2.24) is 10.3 Å². The molecule has 1 aromatic heterocycles. The number of likely N-dealkylation sites (N-methyl/N-ethyl adjacent to an activating group) is 1. The Hall–Kier alpha value is -2.80. The molecule has 8 heteroatoms. The lowest BCUT2D eigenvalue weighted by Crippen LogP contribution is -2.35. The van der Waals surface area contributed by atoms with Crippen LogP contribution in [0.4, 0.5) is 11.5 Å². The van der Waals surface area contributed by atoms with Crippen LogP contribution in [0.25, 0.3) is 0 Å². The molecule has 154 valence electrons. The zero-order valence-corrected chi connectivity index (χ0v) is 17.4. The summed E-state index contributed by atoms with van der Waals surface area (Å²) in [5.74, 6) is 1.33. The van der Waals surface area contributed by atoms with Gasteiger partial charge in [0.15, 0.2) is 0 Å². The number of anilines is 2. The highest BCUT2D eigenvalue weighted by molar-refractivity contribution is 5.85. The second kappa shape index (κ2) is 11.9. The molecule has 2 aromatic carbocycles. The number of hydrogen-bond donors (Lipinski definition) is 3. The van der Waals surface area contributed by atoms with Crippen LogP contribution < -0.4 is 15.4 Å². The largest absolute Gasteiger partial charge is 0.480 e. The normalized spacial score (nSPS) is 10.8. The van der Waals surface area contributed by atoms with Crippen molar-refractivity contribution < 1.29 is 14.6 Å². The van der Waals surface area contributed by atoms with Crippen molar-refractivity contribution in [2.45, 2.75) is 12.5 Å². The van der Waals surface area contributed by atoms with Crippen molar-refractivity contribution in [2.24, 2.45) is 0 Å². The summed E-state index contributed by atoms with van der Waals surface area (Å²) in [6.45, 7) is 0. The lowest BCUT2D eigenvalue weighted by molar-refractivity contribution is -0.139. The zero-order valence-electron chi connectivity index (χ0n) is 15.7. The number of nitrogens with zero attached hydrogens (tertiary/aromatic N) is 1. The third kappa shape index (κ3) is 7.27. The van der Waals surface area contributed by atoms with Crippen LogP contribution in [0, 0.1) is 0 Å². The Morgan fingerprint density at radius 1 is 1.00 bits per heavy atom. The number of nitrogens with one attached hydrogen (secondary N) is 2. The van der Waals surface area contributed by atoms with E-state index in [0.717, 1.165) is 17.1 Å². The summed E-state index contributed by atoms with van der Waals surface area (Å²) in [6, 6.07) is 20.1. The first kappa shape index (κ1) is 24.2. The fraction of sp³-hybridized carbons (Fsp3) is 0.143. The number of aromatic nitrogens is 1. The maximum atomic E-state index is 11.1. The molecule has 1 heterocycles. The minimum absolute atomic E-state index is 0. The summed E-state index contributed by atoms with van der Waals surface area (Å²) in [5, 5.41) is 15.1. The number of carbonyl (C=O) groups is 1. The molecular weight excluding hydrogens is 413 g/mol. The number of hydrogen-bond acceptors (Lipinski definition) is 5. The predicted molar refractivity (Wildman–Crippen MR) is 119 cm³/mol. The summed E-state index contributed by atoms with van der Waals surface area (Å²) in [4.78, 5) is 15.3. The predicted octanol–water partition coefficient (Wildman–Crippen LogP) is 4.68. The lowest BCUT2D eigenvalue weighted by atomic mass is 10.1. The molecule has 0 aliphatic carbocycles. The van der Waals surface area contributed by atoms with E-state index in [1.165, 1.54) is 0 Å². The van der Waals surface area contributed by atoms with E-state index in [1.54, 1.807) is 13.2 Å². The van der Waals surface area contributed by atoms with Gasteiger partial charge in [0.1, 0.15) is 23.4 Å². The van der Waals surface area contributed by atoms with Gasteiger partial charge < -0.3 is 20.5 Å². The molecule has 6 nitrogen and oxygen atoms in total. The van der Waals surface area contributed by atoms with E-state index >= 15 is 0 Å². The molecule has 0 unspecified atom stereocenters. The number of aliphatic carboxylic acids is 1. The van der Waals surface area contributed by atoms with E-state index in [9.17, 15) is 4.79 Å². The van der Waals surface area contributed by atoms with Gasteiger partial charge >= 0.3 is 5.97 Å². The summed E-state index contributed by atoms with van der Waals surface area (Å²) in [7, 11) is 1.64. The van der Waals surface area contributed by atoms with E-state index < -0.39 is 12.0 Å². The number of ether oxygens (including phenoxy) is 1. The first-order valence-corrected chi connectivity index (χ1v) is 8.59. The highest BCUT2D eigenvalue weighted by Gasteiger charge is 2.15. The second-order valence-corrected chi connectivity index (χ2v) is 5.99. The molecular formula is C21H23Cl2N3O3. The highest BCUT2D eigenvalue weighted by Crippen LogP contribution is 2.24. The van der Waals surface area contributed by atoms with Gasteiger partial charge in [0.25, 0.3) is 0 Å². The monoisotopic (exact) mass is 435 g/mol. The van der Waals surface area contributed by atoms with Gasteiger partial charge in [-0.25, -0.2) is 4.98 Å². The number of benzene rings is 2. The average molecular weight is 436 g/mol. The van der Waals surface area contributed by atoms with Gasteiger partial charge in [0.05, 0.1) is 0 Å². The van der Waals surface area contributed by atoms with Gasteiger partial charge in [-0.05, 0) is 67.6 Å². The average Bonchev–Trinajstić information content (AvgIpc) is 2.69. The molecule has 29 heavy (non-hydrogen) atoms. The maximum Gasteiger partial charge on any atom is 0.321 e. The van der Waals surface area contributed by atoms with Crippen LogP contribution >= 0.6 is 24.8 Å². The molecule has 3 N–H and O–H groups in total. The van der Waals surface area contributed by atoms with Crippen LogP contribution in [0.2, 0.25) is 0 Å². The molecule has 0 saturated carbocycles. The van der Waals surface area contributed by atoms with Crippen molar-refractivity contribution in [3.05, 3.63) is 78.5 Å². The highest BCUT2D eigenvalue weighted by atomic mass is 35.5. The van der Waals surface area contributed by atoms with Gasteiger partial charge in [-0.3, -0.25) is 4.79 Å². The molecule has 0 fully saturated rings. The minimum atomic E-state index is -0.864. The molecule has 0 amide bonds. The number of halogens is 2. The van der Waals surface area contributed by atoms with E-state index in [0.29, 0.717) is 17.9 Å². The minimum Gasteiger partial charge on any atom is -0.480 e. The van der Waals surface area contributed by atoms with Crippen LogP contribution in [0.15, 0.2) is 72.9 Å². The molecule has 3 aromatic rings. The molecule has 0 radical (unpaired) electrons. The third-order valence-corrected chi connectivity index (χ3v) is 4.04. The van der Waals surface area contributed by atoms with Crippen molar-refractivity contribution in [3.8, 4) is 11.5 Å². The number of carboxylic acids is 1. The fourth-order valence-corrected chi connectivity index (χ4v) is 2.57. The first-order valence-electron chi connectivity index (χ1n) is 8.59. The Bertz CT molecular complexity index is 876. The Morgan fingerprint density at radius 3 is 2.14 bits per heavy atom. The lowest BCUT2D eigenvalue weighted by Gasteiger charge is -2.12. The van der Waals surface area contributed by atoms with Crippen molar-refractivity contribution in [3.63, 3.8) is 0 Å². The SMILES string of the molecule is CN[C@@H](Cc1ccc(Oc2ccc(Nc3ccccn3)cc2)cc1)C(=O)O.Cl.Cl. The standard InChI is InChI=1S/C21H21N3O3.2ClH/c1-22-19(21(25)26)14-15-5-9-17(10-6-15)27-18-11-7-16(8-12-18)24-20-4-2-3-13-23-20;;/h2-13,19,22H,14H2,1H3,(H,23,24)(H,25,26);2*1H/t19-;;/m0../s1. The van der Waals surface area contributed by atoms with Gasteiger partial charge in [-0.1, -0.05) is 18.2 Å². The number of pyridine rings is 1. The first-order chi connectivity index (χ1) is 13.1. The van der Waals surface area contributed by atoms with E-state index in [1.807, 2.05) is 66.7 Å². The van der Waals surface area contributed by atoms with Crippen molar-refractivity contribution >= 4 is 42.3 Å². The second-order valence-electron chi connectivity index (χ2n) is 5.99. The molecule has 0 bridgehead atoms. The van der Waals surface area contributed by atoms with Gasteiger partial charge in [0.2, 0.25) is 0 Å². The topological polar surface area (TPSA) is 83.5 Å². The van der Waals surface area contributed by atoms with Crippen molar-refractivity contribution in [1.29, 1.82) is 0 Å². The molecule has 0 aliphatic heterocycles. The summed E-state index contributed by atoms with van der Waals surface area (Å²) in [6.07, 6.45) is 2.15. The maximum absolute atomic E-state index is 11.1. The van der Waals surface area contributed by atoms with Crippen LogP contribution in [-0.4, -0.2) is 29.1 Å². The Balaban J connectivity index is 0.00000210. The third-order valence-electron chi connectivity index (χ3n) is 4.04. The van der Waals surface area contributed by atoms with Crippen LogP contribution in [0.3, 0.4) is 0 Å². The van der Waals surface area contributed by atoms with Crippen LogP contribution in [0.5, 0.6) is 11.5 Å². The smallest absolute Gasteiger partial charge is 0.321 e. The number of carboxylic acid groups (broad SMARTS) is 1. The molecule has 1 atom stereocenters. The van der Waals surface area contributed by atoms with Crippen LogP contribution in [-0.2, 0) is 11.2 Å². The van der Waals surface area contributed by atoms with Gasteiger partial charge in [-0.15, -0.1) is 24.8 Å². The van der Waals surface area contributed by atoms with Crippen molar-refractivity contribution in [2.75, 3.05) is 12.4 Å². The van der Waals surface area contributed by atoms with Gasteiger partial charge in [-0.2, -0.15) is 0 Å². The summed E-state index contributed by atoms with van der Waals surface area (Å²) >= 11 is 0. The fourth-order valence-electron chi connectivity index (χ4n) is 2.57. The quantitative estimate of drug-likeness (QED) is 0.476. The van der Waals surface area contributed by atoms with Crippen LogP contribution in [0.1, 0.15) is 5.56 Å². The Kier molecular flexibility index (Phi) is 9.96. The molecule has 0 saturated heterocycles. The Labute approximate surface area is 182 Å². The molecule has 3 rings (SSSR count). The molecule has 0 spiro atoms. The van der Waals surface area contributed by atoms with E-state index in [-0.39, 0.29) is 24.8 Å². The van der Waals surface area contributed by atoms with E-state index in [2.05, 4.69) is 15.6 Å². The zero-order chi connectivity index (χ0) is 19.1. The Morgan fingerprint density at radius 2 is 1.62 bits per heavy atom. The van der Waals surface area contributed by atoms with E-state index in [4.69, 9.17) is 9.84 Å². The number of rotatable bonds is 8. The summed E-state index contributed by atoms with van der Waals surface area (Å²) in [5.41, 5.74) is 1.85. The summed E-state index contributed by atoms with van der Waals surface area (Å²) < 4.78 is 5.84. The molecule has 0 aliphatic rings. The van der Waals surface area contributed by atoms with Gasteiger partial charge in [0, 0.05) is 11.9 Å².